The van der Waals surface area contributed by atoms with Crippen molar-refractivity contribution in [1.82, 2.24) is 12.3 Å². The summed E-state index contributed by atoms with van der Waals surface area (Å²) in [5.41, 5.74) is 0. The first-order valence-electron chi connectivity index (χ1n) is 0.698. The van der Waals surface area contributed by atoms with Crippen LogP contribution in [0.2, 0.25) is 0 Å². The summed E-state index contributed by atoms with van der Waals surface area (Å²) in [6.45, 7) is 0. The standard InChI is InChI=1S/2H3N.H2O4S/c;;1-5(2,3)4/h2*1H3;(H2,1,2,3,4)/i2*1+0;1+0,2+0,3+0,4+0. The van der Waals surface area contributed by atoms with Gasteiger partial charge < -0.3 is 12.3 Å². The van der Waals surface area contributed by atoms with Crippen molar-refractivity contribution in [3.05, 3.63) is 0 Å². The molecule has 0 unspecified atom stereocenters. The van der Waals surface area contributed by atoms with Crippen LogP contribution in [-0.2, 0) is 10.4 Å². The second-order valence-corrected chi connectivity index (χ2v) is 1.34. The molecule has 0 aliphatic heterocycles. The molecule has 0 aliphatic rings. The Morgan fingerprint density at radius 1 is 1.00 bits per heavy atom. The van der Waals surface area contributed by atoms with Gasteiger partial charge in [0.15, 0.2) is 0 Å². The van der Waals surface area contributed by atoms with Crippen molar-refractivity contribution in [2.24, 2.45) is 0 Å². The SMILES string of the molecule is [14NH3].[14NH3].[16O]=S(=[16O])([16OH])[16OH]. The summed E-state index contributed by atoms with van der Waals surface area (Å²) in [5, 5.41) is 0. The van der Waals surface area contributed by atoms with Crippen LogP contribution in [0.25, 0.3) is 0 Å². The molecule has 0 spiro atoms. The van der Waals surface area contributed by atoms with Crippen molar-refractivity contribution in [3.63, 3.8) is 0 Å². The van der Waals surface area contributed by atoms with E-state index in [1.165, 1.54) is 0 Å². The Morgan fingerprint density at radius 3 is 1.00 bits per heavy atom. The molecule has 8 N–H and O–H groups in total. The van der Waals surface area contributed by atoms with Gasteiger partial charge >= 0.3 is 10.4 Å². The molecule has 7 heteroatoms. The molecule has 0 saturated carbocycles. The average Bonchev–Trinajstić information content (AvgIpc) is 0.722. The van der Waals surface area contributed by atoms with Crippen molar-refractivity contribution in [2.75, 3.05) is 0 Å². The van der Waals surface area contributed by atoms with Crippen LogP contribution in [0.3, 0.4) is 0 Å². The topological polar surface area (TPSA) is 145 Å². The molecule has 0 rings (SSSR count). The normalized spacial score (nSPS) is 8.29. The molecule has 6 nitrogen and oxygen atoms in total. The molecule has 48 valence electrons. The number of rotatable bonds is 0. The fourth-order valence-electron chi connectivity index (χ4n) is 0. The molecule has 0 aromatic heterocycles. The molecule has 7 heavy (non-hydrogen) atoms. The average molecular weight is 132 g/mol. The van der Waals surface area contributed by atoms with Crippen molar-refractivity contribution in [3.8, 4) is 0 Å². The van der Waals surface area contributed by atoms with Crippen LogP contribution in [0.15, 0.2) is 0 Å². The van der Waals surface area contributed by atoms with E-state index >= 15 is 0 Å². The Hall–Kier alpha value is -0.210. The lowest BCUT2D eigenvalue weighted by Gasteiger charge is -1.68. The minimum atomic E-state index is -4.67. The van der Waals surface area contributed by atoms with Gasteiger partial charge in [0.1, 0.15) is 0 Å². The van der Waals surface area contributed by atoms with E-state index in [-0.39, 0.29) is 12.3 Å². The first kappa shape index (κ1) is 15.8. The minimum absolute atomic E-state index is 0. The van der Waals surface area contributed by atoms with Gasteiger partial charge in [0, 0.05) is 0 Å². The molecule has 0 heterocycles. The van der Waals surface area contributed by atoms with Gasteiger partial charge in [-0.2, -0.15) is 8.42 Å². The number of hydrogen-bond donors (Lipinski definition) is 4. The molecule has 0 bridgehead atoms. The van der Waals surface area contributed by atoms with Crippen LogP contribution in [0.1, 0.15) is 0 Å². The third-order valence-electron chi connectivity index (χ3n) is 0. The van der Waals surface area contributed by atoms with Crippen LogP contribution in [-0.4, -0.2) is 17.5 Å². The highest BCUT2D eigenvalue weighted by Crippen LogP contribution is 1.59. The Labute approximate surface area is 41.3 Å². The molecule has 0 radical (unpaired) electrons. The number of hydrogen-bond acceptors (Lipinski definition) is 4. The van der Waals surface area contributed by atoms with E-state index in [9.17, 15) is 0 Å². The molecule has 0 aromatic rings. The zero-order chi connectivity index (χ0) is 4.50. The van der Waals surface area contributed by atoms with Gasteiger partial charge in [-0.05, 0) is 0 Å². The molecule has 0 aliphatic carbocycles. The van der Waals surface area contributed by atoms with Crippen LogP contribution < -0.4 is 12.3 Å². The van der Waals surface area contributed by atoms with Gasteiger partial charge in [-0.1, -0.05) is 0 Å². The fraction of sp³-hybridized carbons (Fsp3) is 0. The first-order chi connectivity index (χ1) is 2.00. The quantitative estimate of drug-likeness (QED) is 0.332. The zero-order valence-corrected chi connectivity index (χ0v) is 4.35. The van der Waals surface area contributed by atoms with Crippen molar-refractivity contribution >= 4 is 10.4 Å². The second kappa shape index (κ2) is 3.96. The van der Waals surface area contributed by atoms with E-state index in [2.05, 4.69) is 0 Å². The maximum Gasteiger partial charge on any atom is 0.394 e. The van der Waals surface area contributed by atoms with Gasteiger partial charge in [-0.3, -0.25) is 9.11 Å². The molecular formula is H8N2O4S. The summed E-state index contributed by atoms with van der Waals surface area (Å²) < 4.78 is 31.6. The summed E-state index contributed by atoms with van der Waals surface area (Å²) in [5.74, 6) is 0. The summed E-state index contributed by atoms with van der Waals surface area (Å²) in [6, 6.07) is 0. The molecule has 0 atom stereocenters. The third-order valence-corrected chi connectivity index (χ3v) is 0. The van der Waals surface area contributed by atoms with Gasteiger partial charge in [-0.25, -0.2) is 0 Å². The van der Waals surface area contributed by atoms with Crippen molar-refractivity contribution in [2.45, 2.75) is 0 Å². The van der Waals surface area contributed by atoms with Gasteiger partial charge in [0.25, 0.3) is 0 Å². The van der Waals surface area contributed by atoms with E-state index in [4.69, 9.17) is 17.5 Å². The van der Waals surface area contributed by atoms with Crippen molar-refractivity contribution in [1.29, 1.82) is 0 Å². The largest absolute Gasteiger partial charge is 0.394 e. The lowest BCUT2D eigenvalue weighted by Crippen LogP contribution is -1.89. The van der Waals surface area contributed by atoms with E-state index < -0.39 is 10.4 Å². The van der Waals surface area contributed by atoms with Crippen LogP contribution in [0.4, 0.5) is 0 Å². The lowest BCUT2D eigenvalue weighted by atomic mass is 14.0. The summed E-state index contributed by atoms with van der Waals surface area (Å²) >= 11 is 0. The van der Waals surface area contributed by atoms with Crippen LogP contribution in [0, 0.1) is 0 Å². The molecular weight excluding hydrogens is 124 g/mol. The summed E-state index contributed by atoms with van der Waals surface area (Å²) in [6.07, 6.45) is 0. The van der Waals surface area contributed by atoms with E-state index in [1.54, 1.807) is 0 Å². The fourth-order valence-corrected chi connectivity index (χ4v) is 0. The Morgan fingerprint density at radius 2 is 1.00 bits per heavy atom. The smallest absolute Gasteiger partial charge is 0.344 e. The Balaban J connectivity index is -0.0000000800. The Bertz CT molecular complexity index is 92.9. The molecule has 0 saturated heterocycles. The molecule has 0 aromatic carbocycles. The van der Waals surface area contributed by atoms with Gasteiger partial charge in [0.05, 0.1) is 0 Å². The maximum atomic E-state index is 8.74. The highest BCUT2D eigenvalue weighted by molar-refractivity contribution is 7.79. The maximum absolute atomic E-state index is 8.74. The first-order valence-corrected chi connectivity index (χ1v) is 2.10. The third kappa shape index (κ3) is 1890. The lowest BCUT2D eigenvalue weighted by molar-refractivity contribution is 0.381. The summed E-state index contributed by atoms with van der Waals surface area (Å²) in [4.78, 5) is 0. The van der Waals surface area contributed by atoms with Crippen LogP contribution in [0.5, 0.6) is 0 Å². The predicted molar refractivity (Wildman–Crippen MR) is 24.2 cm³/mol. The summed E-state index contributed by atoms with van der Waals surface area (Å²) in [7, 11) is -4.67. The zero-order valence-electron chi connectivity index (χ0n) is 3.53. The molecule has 0 fully saturated rings. The van der Waals surface area contributed by atoms with E-state index in [0.717, 1.165) is 0 Å². The highest BCUT2D eigenvalue weighted by atomic mass is 32.3. The molecule has 0 amide bonds. The van der Waals surface area contributed by atoms with Crippen molar-refractivity contribution < 1.29 is 17.5 Å². The van der Waals surface area contributed by atoms with Gasteiger partial charge in [-0.15, -0.1) is 0 Å². The van der Waals surface area contributed by atoms with Crippen LogP contribution >= 0.6 is 0 Å². The highest BCUT2D eigenvalue weighted by Gasteiger charge is 1.84. The van der Waals surface area contributed by atoms with E-state index in [0.29, 0.717) is 0 Å². The van der Waals surface area contributed by atoms with Gasteiger partial charge in [0.2, 0.25) is 0 Å². The predicted octanol–water partition coefficient (Wildman–Crippen LogP) is -0.329. The van der Waals surface area contributed by atoms with E-state index in [1.807, 2.05) is 0 Å². The monoisotopic (exact) mass is 132 g/mol. The minimum Gasteiger partial charge on any atom is -0.344 e. The Kier molecular flexibility index (Phi) is 8.97. The second-order valence-electron chi connectivity index (χ2n) is 0.448.